The van der Waals surface area contributed by atoms with E-state index in [-0.39, 0.29) is 12.0 Å². The second kappa shape index (κ2) is 10.5. The zero-order chi connectivity index (χ0) is 22.3. The zero-order valence-corrected chi connectivity index (χ0v) is 18.8. The molecule has 1 unspecified atom stereocenters. The van der Waals surface area contributed by atoms with Crippen molar-refractivity contribution in [1.29, 1.82) is 0 Å². The molecule has 8 nitrogen and oxygen atoms in total. The molecule has 1 aliphatic rings. The van der Waals surface area contributed by atoms with Gasteiger partial charge in [0.05, 0.1) is 44.0 Å². The first kappa shape index (κ1) is 22.2. The molecule has 2 heterocycles. The number of thioether (sulfide) groups is 1. The Hall–Kier alpha value is -3.04. The van der Waals surface area contributed by atoms with Gasteiger partial charge in [-0.25, -0.2) is 9.97 Å². The number of ether oxygens (including phenoxy) is 4. The lowest BCUT2D eigenvalue weighted by Crippen LogP contribution is -2.48. The average Bonchev–Trinajstić information content (AvgIpc) is 2.85. The van der Waals surface area contributed by atoms with Gasteiger partial charge in [-0.3, -0.25) is 4.79 Å². The molecular formula is C23H25N3O5S. The molecule has 1 aliphatic heterocycles. The maximum atomic E-state index is 12.8. The van der Waals surface area contributed by atoms with Crippen molar-refractivity contribution in [2.75, 3.05) is 46.3 Å². The number of carbonyl (C=O) groups is 1. The van der Waals surface area contributed by atoms with Gasteiger partial charge in [0, 0.05) is 11.4 Å². The average molecular weight is 456 g/mol. The molecule has 1 atom stereocenters. The molecule has 0 radical (unpaired) electrons. The summed E-state index contributed by atoms with van der Waals surface area (Å²) in [5, 5.41) is 0.852. The Kier molecular flexibility index (Phi) is 7.28. The van der Waals surface area contributed by atoms with Crippen LogP contribution >= 0.6 is 11.8 Å². The first-order chi connectivity index (χ1) is 15.7. The van der Waals surface area contributed by atoms with Crippen LogP contribution in [0.1, 0.15) is 0 Å². The fourth-order valence-electron chi connectivity index (χ4n) is 3.46. The number of nitrogens with zero attached hydrogens (tertiary/aromatic N) is 3. The standard InChI is InChI=1S/C23H25N3O5S/c1-28-20-8-7-17(11-21(20)29-2)32-14-22(27)26-9-10-30-16(12-26)13-31-23-18-5-3-4-6-19(18)24-15-25-23/h3-8,11,15-16H,9-10,12-14H2,1-2H3. The Morgan fingerprint density at radius 1 is 1.16 bits per heavy atom. The highest BCUT2D eigenvalue weighted by molar-refractivity contribution is 8.00. The van der Waals surface area contributed by atoms with E-state index < -0.39 is 0 Å². The lowest BCUT2D eigenvalue weighted by Gasteiger charge is -2.32. The molecule has 0 bridgehead atoms. The van der Waals surface area contributed by atoms with E-state index in [0.29, 0.717) is 49.4 Å². The Labute approximate surface area is 190 Å². The second-order valence-electron chi connectivity index (χ2n) is 7.14. The van der Waals surface area contributed by atoms with E-state index in [2.05, 4.69) is 9.97 Å². The van der Waals surface area contributed by atoms with Gasteiger partial charge >= 0.3 is 0 Å². The van der Waals surface area contributed by atoms with Crippen LogP contribution in [-0.2, 0) is 9.53 Å². The SMILES string of the molecule is COc1ccc(SCC(=O)N2CCOC(COc3ncnc4ccccc34)C2)cc1OC. The van der Waals surface area contributed by atoms with Gasteiger partial charge in [-0.05, 0) is 30.3 Å². The van der Waals surface area contributed by atoms with Gasteiger partial charge in [-0.2, -0.15) is 0 Å². The minimum absolute atomic E-state index is 0.0607. The summed E-state index contributed by atoms with van der Waals surface area (Å²) in [5.41, 5.74) is 0.825. The number of rotatable bonds is 8. The van der Waals surface area contributed by atoms with E-state index in [1.165, 1.54) is 18.1 Å². The van der Waals surface area contributed by atoms with Crippen LogP contribution in [0.3, 0.4) is 0 Å². The summed E-state index contributed by atoms with van der Waals surface area (Å²) in [6.07, 6.45) is 1.27. The van der Waals surface area contributed by atoms with E-state index in [0.717, 1.165) is 15.8 Å². The second-order valence-corrected chi connectivity index (χ2v) is 8.19. The fourth-order valence-corrected chi connectivity index (χ4v) is 4.28. The predicted molar refractivity (Wildman–Crippen MR) is 122 cm³/mol. The third-order valence-corrected chi connectivity index (χ3v) is 6.10. The summed E-state index contributed by atoms with van der Waals surface area (Å²) in [5.74, 6) is 2.22. The van der Waals surface area contributed by atoms with E-state index >= 15 is 0 Å². The van der Waals surface area contributed by atoms with E-state index in [1.807, 2.05) is 47.4 Å². The first-order valence-electron chi connectivity index (χ1n) is 10.2. The molecule has 9 heteroatoms. The summed E-state index contributed by atoms with van der Waals surface area (Å²) in [4.78, 5) is 24.0. The molecule has 32 heavy (non-hydrogen) atoms. The number of methoxy groups -OCH3 is 2. The van der Waals surface area contributed by atoms with Crippen molar-refractivity contribution in [3.63, 3.8) is 0 Å². The molecule has 0 spiro atoms. The maximum absolute atomic E-state index is 12.8. The molecule has 1 amide bonds. The summed E-state index contributed by atoms with van der Waals surface area (Å²) in [6, 6.07) is 13.3. The van der Waals surface area contributed by atoms with Crippen LogP contribution in [0.4, 0.5) is 0 Å². The number of benzene rings is 2. The van der Waals surface area contributed by atoms with Crippen molar-refractivity contribution >= 4 is 28.6 Å². The number of para-hydroxylation sites is 1. The van der Waals surface area contributed by atoms with Crippen molar-refractivity contribution in [1.82, 2.24) is 14.9 Å². The van der Waals surface area contributed by atoms with E-state index in [9.17, 15) is 4.79 Å². The van der Waals surface area contributed by atoms with Gasteiger partial charge in [-0.15, -0.1) is 11.8 Å². The molecule has 0 aliphatic carbocycles. The third kappa shape index (κ3) is 5.23. The highest BCUT2D eigenvalue weighted by atomic mass is 32.2. The summed E-state index contributed by atoms with van der Waals surface area (Å²) >= 11 is 1.47. The Morgan fingerprint density at radius 2 is 2.00 bits per heavy atom. The molecular weight excluding hydrogens is 430 g/mol. The Bertz CT molecular complexity index is 1080. The first-order valence-corrected chi connectivity index (χ1v) is 11.2. The smallest absolute Gasteiger partial charge is 0.233 e. The summed E-state index contributed by atoms with van der Waals surface area (Å²) in [7, 11) is 3.19. The normalized spacial score (nSPS) is 16.1. The fraction of sp³-hybridized carbons (Fsp3) is 0.348. The summed E-state index contributed by atoms with van der Waals surface area (Å²) in [6.45, 7) is 1.84. The molecule has 3 aromatic rings. The molecule has 4 rings (SSSR count). The van der Waals surface area contributed by atoms with Crippen molar-refractivity contribution in [3.8, 4) is 17.4 Å². The summed E-state index contributed by atoms with van der Waals surface area (Å²) < 4.78 is 22.3. The van der Waals surface area contributed by atoms with Crippen LogP contribution in [0.5, 0.6) is 17.4 Å². The number of morpholine rings is 1. The third-order valence-electron chi connectivity index (χ3n) is 5.12. The van der Waals surface area contributed by atoms with Crippen molar-refractivity contribution < 1.29 is 23.7 Å². The van der Waals surface area contributed by atoms with Gasteiger partial charge in [0.15, 0.2) is 11.5 Å². The largest absolute Gasteiger partial charge is 0.493 e. The van der Waals surface area contributed by atoms with Crippen LogP contribution in [-0.4, -0.2) is 73.2 Å². The maximum Gasteiger partial charge on any atom is 0.233 e. The molecule has 1 fully saturated rings. The topological polar surface area (TPSA) is 83.0 Å². The number of aromatic nitrogens is 2. The molecule has 2 aromatic carbocycles. The number of carbonyl (C=O) groups excluding carboxylic acids is 1. The Morgan fingerprint density at radius 3 is 2.84 bits per heavy atom. The van der Waals surface area contributed by atoms with Crippen molar-refractivity contribution in [2.24, 2.45) is 0 Å². The molecule has 1 saturated heterocycles. The van der Waals surface area contributed by atoms with Crippen LogP contribution in [0.15, 0.2) is 53.7 Å². The molecule has 168 valence electrons. The minimum atomic E-state index is -0.215. The lowest BCUT2D eigenvalue weighted by molar-refractivity contribution is -0.137. The minimum Gasteiger partial charge on any atom is -0.493 e. The van der Waals surface area contributed by atoms with Crippen molar-refractivity contribution in [2.45, 2.75) is 11.0 Å². The number of fused-ring (bicyclic) bond motifs is 1. The number of amides is 1. The number of hydrogen-bond donors (Lipinski definition) is 0. The number of hydrogen-bond acceptors (Lipinski definition) is 8. The Balaban J connectivity index is 1.31. The van der Waals surface area contributed by atoms with Crippen LogP contribution < -0.4 is 14.2 Å². The zero-order valence-electron chi connectivity index (χ0n) is 18.0. The predicted octanol–water partition coefficient (Wildman–Crippen LogP) is 3.05. The van der Waals surface area contributed by atoms with Crippen molar-refractivity contribution in [3.05, 3.63) is 48.8 Å². The molecule has 1 aromatic heterocycles. The van der Waals surface area contributed by atoms with E-state index in [4.69, 9.17) is 18.9 Å². The molecule has 0 saturated carbocycles. The van der Waals surface area contributed by atoms with Gasteiger partial charge in [0.2, 0.25) is 11.8 Å². The van der Waals surface area contributed by atoms with Gasteiger partial charge in [-0.1, -0.05) is 12.1 Å². The van der Waals surface area contributed by atoms with Crippen LogP contribution in [0.2, 0.25) is 0 Å². The van der Waals surface area contributed by atoms with Crippen LogP contribution in [0.25, 0.3) is 10.9 Å². The van der Waals surface area contributed by atoms with Gasteiger partial charge in [0.1, 0.15) is 19.0 Å². The van der Waals surface area contributed by atoms with Crippen LogP contribution in [0, 0.1) is 0 Å². The van der Waals surface area contributed by atoms with Gasteiger partial charge in [0.25, 0.3) is 0 Å². The highest BCUT2D eigenvalue weighted by Gasteiger charge is 2.25. The van der Waals surface area contributed by atoms with E-state index in [1.54, 1.807) is 14.2 Å². The highest BCUT2D eigenvalue weighted by Crippen LogP contribution is 2.32. The lowest BCUT2D eigenvalue weighted by atomic mass is 10.2. The monoisotopic (exact) mass is 455 g/mol. The van der Waals surface area contributed by atoms with Gasteiger partial charge < -0.3 is 23.8 Å². The molecule has 0 N–H and O–H groups in total. The quantitative estimate of drug-likeness (QED) is 0.480.